The minimum absolute atomic E-state index is 0.551. The molecular formula is C16H25NO2. The van der Waals surface area contributed by atoms with Gasteiger partial charge in [-0.05, 0) is 30.5 Å². The summed E-state index contributed by atoms with van der Waals surface area (Å²) in [6.45, 7) is 6.53. The molecule has 1 heterocycles. The van der Waals surface area contributed by atoms with E-state index < -0.39 is 0 Å². The van der Waals surface area contributed by atoms with Crippen LogP contribution < -0.4 is 5.32 Å². The Bertz CT molecular complexity index is 358. The maximum atomic E-state index is 5.76. The summed E-state index contributed by atoms with van der Waals surface area (Å²) in [5.74, 6) is 1.14. The van der Waals surface area contributed by atoms with Gasteiger partial charge >= 0.3 is 0 Å². The highest BCUT2D eigenvalue weighted by atomic mass is 16.5. The molecule has 1 aliphatic heterocycles. The van der Waals surface area contributed by atoms with E-state index in [1.807, 2.05) is 7.05 Å². The van der Waals surface area contributed by atoms with Crippen molar-refractivity contribution in [2.24, 2.45) is 5.92 Å². The molecule has 0 saturated carbocycles. The third kappa shape index (κ3) is 4.60. The molecule has 2 unspecified atom stereocenters. The summed E-state index contributed by atoms with van der Waals surface area (Å²) in [6.07, 6.45) is 1.14. The molecular weight excluding hydrogens is 238 g/mol. The van der Waals surface area contributed by atoms with Gasteiger partial charge in [-0.25, -0.2) is 0 Å². The number of ether oxygens (including phenoxy) is 2. The smallest absolute Gasteiger partial charge is 0.0717 e. The minimum atomic E-state index is 0.551. The first-order valence-corrected chi connectivity index (χ1v) is 7.18. The average Bonchev–Trinajstić information content (AvgIpc) is 2.93. The molecule has 3 heteroatoms. The second kappa shape index (κ2) is 7.63. The van der Waals surface area contributed by atoms with Crippen molar-refractivity contribution in [3.05, 3.63) is 35.4 Å². The van der Waals surface area contributed by atoms with Crippen LogP contribution in [0.1, 0.15) is 30.4 Å². The van der Waals surface area contributed by atoms with Gasteiger partial charge in [-0.3, -0.25) is 0 Å². The predicted molar refractivity (Wildman–Crippen MR) is 77.4 cm³/mol. The summed E-state index contributed by atoms with van der Waals surface area (Å²) in [4.78, 5) is 0. The van der Waals surface area contributed by atoms with Gasteiger partial charge in [0.2, 0.25) is 0 Å². The van der Waals surface area contributed by atoms with Crippen LogP contribution in [0.15, 0.2) is 24.3 Å². The Kier molecular flexibility index (Phi) is 5.83. The molecule has 1 aliphatic rings. The van der Waals surface area contributed by atoms with Gasteiger partial charge in [0.15, 0.2) is 0 Å². The van der Waals surface area contributed by atoms with Gasteiger partial charge in [0.25, 0.3) is 0 Å². The van der Waals surface area contributed by atoms with Crippen molar-refractivity contribution in [2.45, 2.75) is 25.9 Å². The third-order valence-corrected chi connectivity index (χ3v) is 3.71. The second-order valence-corrected chi connectivity index (χ2v) is 5.45. The Morgan fingerprint density at radius 1 is 1.37 bits per heavy atom. The van der Waals surface area contributed by atoms with Gasteiger partial charge in [-0.1, -0.05) is 31.2 Å². The van der Waals surface area contributed by atoms with Crippen molar-refractivity contribution >= 4 is 0 Å². The van der Waals surface area contributed by atoms with Gasteiger partial charge < -0.3 is 14.8 Å². The van der Waals surface area contributed by atoms with Crippen LogP contribution in [0.5, 0.6) is 0 Å². The minimum Gasteiger partial charge on any atom is -0.381 e. The lowest BCUT2D eigenvalue weighted by Gasteiger charge is -2.12. The van der Waals surface area contributed by atoms with Crippen LogP contribution in [0, 0.1) is 5.92 Å². The zero-order valence-electron chi connectivity index (χ0n) is 12.0. The molecule has 1 fully saturated rings. The largest absolute Gasteiger partial charge is 0.381 e. The maximum Gasteiger partial charge on any atom is 0.0717 e. The molecule has 0 spiro atoms. The van der Waals surface area contributed by atoms with Gasteiger partial charge in [0, 0.05) is 19.1 Å². The van der Waals surface area contributed by atoms with Crippen molar-refractivity contribution in [1.82, 2.24) is 5.32 Å². The zero-order valence-corrected chi connectivity index (χ0v) is 12.0. The maximum absolute atomic E-state index is 5.76. The number of benzene rings is 1. The summed E-state index contributed by atoms with van der Waals surface area (Å²) < 4.78 is 11.1. The summed E-state index contributed by atoms with van der Waals surface area (Å²) in [5, 5.41) is 3.21. The molecule has 1 aromatic carbocycles. The summed E-state index contributed by atoms with van der Waals surface area (Å²) >= 11 is 0. The third-order valence-electron chi connectivity index (χ3n) is 3.71. The van der Waals surface area contributed by atoms with E-state index in [1.165, 1.54) is 11.1 Å². The molecule has 0 radical (unpaired) electrons. The Hall–Kier alpha value is -0.900. The lowest BCUT2D eigenvalue weighted by atomic mass is 10.00. The fraction of sp³-hybridized carbons (Fsp3) is 0.625. The number of likely N-dealkylation sites (N-methyl/N-ethyl adjacent to an activating group) is 1. The molecule has 0 aliphatic carbocycles. The van der Waals surface area contributed by atoms with Gasteiger partial charge in [-0.15, -0.1) is 0 Å². The highest BCUT2D eigenvalue weighted by Gasteiger charge is 2.15. The SMILES string of the molecule is CNCC(C)c1ccc(COCC2CCOC2)cc1. The topological polar surface area (TPSA) is 30.5 Å². The molecule has 0 aromatic heterocycles. The molecule has 3 nitrogen and oxygen atoms in total. The van der Waals surface area contributed by atoms with E-state index in [-0.39, 0.29) is 0 Å². The number of hydrogen-bond acceptors (Lipinski definition) is 3. The van der Waals surface area contributed by atoms with E-state index in [0.29, 0.717) is 18.4 Å². The Balaban J connectivity index is 1.74. The molecule has 1 N–H and O–H groups in total. The summed E-state index contributed by atoms with van der Waals surface area (Å²) in [6, 6.07) is 8.76. The molecule has 1 saturated heterocycles. The van der Waals surface area contributed by atoms with E-state index in [1.54, 1.807) is 0 Å². The Morgan fingerprint density at radius 2 is 2.16 bits per heavy atom. The first-order valence-electron chi connectivity index (χ1n) is 7.18. The average molecular weight is 263 g/mol. The summed E-state index contributed by atoms with van der Waals surface area (Å²) in [7, 11) is 1.99. The fourth-order valence-corrected chi connectivity index (χ4v) is 2.42. The van der Waals surface area contributed by atoms with Crippen LogP contribution >= 0.6 is 0 Å². The van der Waals surface area contributed by atoms with Crippen molar-refractivity contribution in [1.29, 1.82) is 0 Å². The number of nitrogens with one attached hydrogen (secondary N) is 1. The van der Waals surface area contributed by atoms with Crippen LogP contribution in [-0.4, -0.2) is 33.4 Å². The van der Waals surface area contributed by atoms with Crippen molar-refractivity contribution in [2.75, 3.05) is 33.4 Å². The molecule has 19 heavy (non-hydrogen) atoms. The van der Waals surface area contributed by atoms with Crippen molar-refractivity contribution in [3.63, 3.8) is 0 Å². The molecule has 0 amide bonds. The van der Waals surface area contributed by atoms with Crippen LogP contribution in [0.4, 0.5) is 0 Å². The quantitative estimate of drug-likeness (QED) is 0.820. The first kappa shape index (κ1) is 14.5. The van der Waals surface area contributed by atoms with E-state index >= 15 is 0 Å². The Labute approximate surface area is 116 Å². The normalized spacial score (nSPS) is 20.6. The van der Waals surface area contributed by atoms with E-state index in [9.17, 15) is 0 Å². The number of rotatable bonds is 7. The Morgan fingerprint density at radius 3 is 2.79 bits per heavy atom. The highest BCUT2D eigenvalue weighted by Crippen LogP contribution is 2.16. The molecule has 2 atom stereocenters. The molecule has 0 bridgehead atoms. The van der Waals surface area contributed by atoms with Gasteiger partial charge in [0.05, 0.1) is 19.8 Å². The van der Waals surface area contributed by atoms with Gasteiger partial charge in [0.1, 0.15) is 0 Å². The van der Waals surface area contributed by atoms with Crippen LogP contribution in [0.2, 0.25) is 0 Å². The molecule has 106 valence electrons. The monoisotopic (exact) mass is 263 g/mol. The highest BCUT2D eigenvalue weighted by molar-refractivity contribution is 5.24. The van der Waals surface area contributed by atoms with E-state index in [2.05, 4.69) is 36.5 Å². The van der Waals surface area contributed by atoms with Crippen molar-refractivity contribution < 1.29 is 9.47 Å². The second-order valence-electron chi connectivity index (χ2n) is 5.45. The molecule has 2 rings (SSSR count). The van der Waals surface area contributed by atoms with Gasteiger partial charge in [-0.2, -0.15) is 0 Å². The predicted octanol–water partition coefficient (Wildman–Crippen LogP) is 2.56. The fourth-order valence-electron chi connectivity index (χ4n) is 2.42. The van der Waals surface area contributed by atoms with E-state index in [0.717, 1.165) is 32.8 Å². The van der Waals surface area contributed by atoms with Crippen molar-refractivity contribution in [3.8, 4) is 0 Å². The molecule has 1 aromatic rings. The van der Waals surface area contributed by atoms with Crippen LogP contribution in [0.25, 0.3) is 0 Å². The standard InChI is InChI=1S/C16H25NO2/c1-13(9-17-2)16-5-3-14(4-6-16)10-19-12-15-7-8-18-11-15/h3-6,13,15,17H,7-12H2,1-2H3. The number of hydrogen-bond donors (Lipinski definition) is 1. The van der Waals surface area contributed by atoms with Crippen LogP contribution in [-0.2, 0) is 16.1 Å². The summed E-state index contributed by atoms with van der Waals surface area (Å²) in [5.41, 5.74) is 2.63. The zero-order chi connectivity index (χ0) is 13.5. The lowest BCUT2D eigenvalue weighted by Crippen LogP contribution is -2.14. The van der Waals surface area contributed by atoms with E-state index in [4.69, 9.17) is 9.47 Å². The first-order chi connectivity index (χ1) is 9.29. The van der Waals surface area contributed by atoms with Crippen LogP contribution in [0.3, 0.4) is 0 Å². The lowest BCUT2D eigenvalue weighted by molar-refractivity contribution is 0.0791.